The quantitative estimate of drug-likeness (QED) is 0.776. The van der Waals surface area contributed by atoms with Gasteiger partial charge in [0.15, 0.2) is 6.10 Å². The summed E-state index contributed by atoms with van der Waals surface area (Å²) in [6, 6.07) is 4.41. The fourth-order valence-electron chi connectivity index (χ4n) is 3.25. The molecular weight excluding hydrogens is 342 g/mol. The zero-order valence-electron chi connectivity index (χ0n) is 14.0. The minimum absolute atomic E-state index is 0.0774. The third kappa shape index (κ3) is 4.03. The number of carbonyl (C=O) groups is 1. The zero-order valence-corrected chi connectivity index (χ0v) is 15.6. The van der Waals surface area contributed by atoms with Gasteiger partial charge in [-0.2, -0.15) is 0 Å². The van der Waals surface area contributed by atoms with E-state index in [0.29, 0.717) is 6.04 Å². The second kappa shape index (κ2) is 7.49. The van der Waals surface area contributed by atoms with Gasteiger partial charge in [0.05, 0.1) is 0 Å². The first-order valence-electron chi connectivity index (χ1n) is 8.10. The van der Waals surface area contributed by atoms with Crippen molar-refractivity contribution in [2.24, 2.45) is 0 Å². The van der Waals surface area contributed by atoms with Gasteiger partial charge in [-0.05, 0) is 56.9 Å². The van der Waals surface area contributed by atoms with Crippen LogP contribution in [0.4, 0.5) is 0 Å². The molecule has 1 atom stereocenters. The van der Waals surface area contributed by atoms with Crippen LogP contribution in [0.3, 0.4) is 0 Å². The van der Waals surface area contributed by atoms with Crippen LogP contribution < -0.4 is 4.74 Å². The number of likely N-dealkylation sites (N-methyl/N-ethyl adjacent to an activating group) is 1. The lowest BCUT2D eigenvalue weighted by Gasteiger charge is -2.33. The first kappa shape index (κ1) is 17.3. The van der Waals surface area contributed by atoms with Gasteiger partial charge in [-0.1, -0.05) is 35.2 Å². The second-order valence-corrected chi connectivity index (χ2v) is 7.29. The van der Waals surface area contributed by atoms with Crippen LogP contribution in [0.2, 0.25) is 0 Å². The summed E-state index contributed by atoms with van der Waals surface area (Å²) in [6.45, 7) is 5.87. The number of ether oxygens (including phenoxy) is 1. The molecule has 1 saturated carbocycles. The zero-order chi connectivity index (χ0) is 16.3. The standard InChI is InChI=1S/C18H26BrNO2/c1-12-10-15(19)11-13(2)17(12)22-14(3)18(21)20(4)16-8-6-5-7-9-16/h10-11,14,16H,5-9H2,1-4H3. The molecule has 4 heteroatoms. The van der Waals surface area contributed by atoms with E-state index < -0.39 is 6.10 Å². The highest BCUT2D eigenvalue weighted by atomic mass is 79.9. The van der Waals surface area contributed by atoms with Crippen molar-refractivity contribution < 1.29 is 9.53 Å². The van der Waals surface area contributed by atoms with Crippen LogP contribution in [0.5, 0.6) is 5.75 Å². The predicted octanol–water partition coefficient (Wildman–Crippen LogP) is 4.62. The molecule has 3 nitrogen and oxygen atoms in total. The molecule has 122 valence electrons. The maximum atomic E-state index is 12.6. The van der Waals surface area contributed by atoms with Crippen LogP contribution in [-0.4, -0.2) is 30.0 Å². The average Bonchev–Trinajstić information content (AvgIpc) is 2.50. The summed E-state index contributed by atoms with van der Waals surface area (Å²) in [6.07, 6.45) is 5.52. The molecule has 1 aromatic rings. The van der Waals surface area contributed by atoms with Crippen molar-refractivity contribution in [3.05, 3.63) is 27.7 Å². The molecule has 1 amide bonds. The summed E-state index contributed by atoms with van der Waals surface area (Å²) in [7, 11) is 1.92. The molecular formula is C18H26BrNO2. The summed E-state index contributed by atoms with van der Waals surface area (Å²) in [5.41, 5.74) is 2.10. The monoisotopic (exact) mass is 367 g/mol. The molecule has 0 saturated heterocycles. The molecule has 0 spiro atoms. The van der Waals surface area contributed by atoms with Crippen molar-refractivity contribution in [1.82, 2.24) is 4.90 Å². The maximum Gasteiger partial charge on any atom is 0.263 e. The van der Waals surface area contributed by atoms with Crippen LogP contribution in [0.15, 0.2) is 16.6 Å². The van der Waals surface area contributed by atoms with Gasteiger partial charge < -0.3 is 9.64 Å². The van der Waals surface area contributed by atoms with E-state index in [-0.39, 0.29) is 5.91 Å². The maximum absolute atomic E-state index is 12.6. The van der Waals surface area contributed by atoms with Crippen LogP contribution >= 0.6 is 15.9 Å². The lowest BCUT2D eigenvalue weighted by molar-refractivity contribution is -0.139. The molecule has 0 heterocycles. The third-order valence-corrected chi connectivity index (χ3v) is 5.00. The molecule has 0 radical (unpaired) electrons. The van der Waals surface area contributed by atoms with E-state index in [2.05, 4.69) is 15.9 Å². The van der Waals surface area contributed by atoms with Gasteiger partial charge in [-0.3, -0.25) is 4.79 Å². The lowest BCUT2D eigenvalue weighted by Crippen LogP contribution is -2.44. The Bertz CT molecular complexity index is 515. The summed E-state index contributed by atoms with van der Waals surface area (Å²) in [4.78, 5) is 14.5. The predicted molar refractivity (Wildman–Crippen MR) is 93.3 cm³/mol. The molecule has 0 aliphatic heterocycles. The fraction of sp³-hybridized carbons (Fsp3) is 0.611. The molecule has 22 heavy (non-hydrogen) atoms. The Morgan fingerprint density at radius 1 is 1.23 bits per heavy atom. The van der Waals surface area contributed by atoms with E-state index in [1.807, 2.05) is 44.9 Å². The summed E-state index contributed by atoms with van der Waals surface area (Å²) in [5.74, 6) is 0.898. The normalized spacial score (nSPS) is 17.1. The molecule has 1 fully saturated rings. The Labute approximate surface area is 142 Å². The van der Waals surface area contributed by atoms with Crippen molar-refractivity contribution in [1.29, 1.82) is 0 Å². The van der Waals surface area contributed by atoms with E-state index in [1.165, 1.54) is 19.3 Å². The molecule has 1 aliphatic carbocycles. The van der Waals surface area contributed by atoms with Crippen molar-refractivity contribution >= 4 is 21.8 Å². The van der Waals surface area contributed by atoms with E-state index in [1.54, 1.807) is 0 Å². The second-order valence-electron chi connectivity index (χ2n) is 6.37. The molecule has 0 bridgehead atoms. The molecule has 1 unspecified atom stereocenters. The summed E-state index contributed by atoms with van der Waals surface area (Å²) < 4.78 is 7.03. The highest BCUT2D eigenvalue weighted by Gasteiger charge is 2.27. The van der Waals surface area contributed by atoms with Gasteiger partial charge in [0.2, 0.25) is 0 Å². The first-order valence-corrected chi connectivity index (χ1v) is 8.89. The van der Waals surface area contributed by atoms with E-state index in [4.69, 9.17) is 4.74 Å². The molecule has 0 aromatic heterocycles. The minimum atomic E-state index is -0.453. The number of amides is 1. The first-order chi connectivity index (χ1) is 10.4. The van der Waals surface area contributed by atoms with Crippen molar-refractivity contribution in [3.63, 3.8) is 0 Å². The van der Waals surface area contributed by atoms with E-state index in [9.17, 15) is 4.79 Å². The Balaban J connectivity index is 2.05. The summed E-state index contributed by atoms with van der Waals surface area (Å²) in [5, 5.41) is 0. The smallest absolute Gasteiger partial charge is 0.263 e. The third-order valence-electron chi connectivity index (χ3n) is 4.54. The van der Waals surface area contributed by atoms with Gasteiger partial charge in [-0.15, -0.1) is 0 Å². The number of benzene rings is 1. The number of hydrogen-bond acceptors (Lipinski definition) is 2. The van der Waals surface area contributed by atoms with Crippen molar-refractivity contribution in [3.8, 4) is 5.75 Å². The molecule has 1 aromatic carbocycles. The van der Waals surface area contributed by atoms with Crippen LogP contribution in [0.1, 0.15) is 50.2 Å². The Morgan fingerprint density at radius 2 is 1.77 bits per heavy atom. The van der Waals surface area contributed by atoms with Gasteiger partial charge in [-0.25, -0.2) is 0 Å². The van der Waals surface area contributed by atoms with Crippen LogP contribution in [-0.2, 0) is 4.79 Å². The topological polar surface area (TPSA) is 29.5 Å². The van der Waals surface area contributed by atoms with Gasteiger partial charge in [0, 0.05) is 17.6 Å². The van der Waals surface area contributed by atoms with E-state index in [0.717, 1.165) is 34.2 Å². The van der Waals surface area contributed by atoms with Gasteiger partial charge in [0.1, 0.15) is 5.75 Å². The highest BCUT2D eigenvalue weighted by molar-refractivity contribution is 9.10. The van der Waals surface area contributed by atoms with Crippen LogP contribution in [0.25, 0.3) is 0 Å². The molecule has 0 N–H and O–H groups in total. The number of halogens is 1. The Kier molecular flexibility index (Phi) is 5.90. The van der Waals surface area contributed by atoms with Gasteiger partial charge >= 0.3 is 0 Å². The Morgan fingerprint density at radius 3 is 2.32 bits per heavy atom. The fourth-order valence-corrected chi connectivity index (χ4v) is 3.93. The number of hydrogen-bond donors (Lipinski definition) is 0. The highest BCUT2D eigenvalue weighted by Crippen LogP contribution is 2.29. The average molecular weight is 368 g/mol. The minimum Gasteiger partial charge on any atom is -0.480 e. The molecule has 2 rings (SSSR count). The summed E-state index contributed by atoms with van der Waals surface area (Å²) >= 11 is 3.49. The largest absolute Gasteiger partial charge is 0.480 e. The van der Waals surface area contributed by atoms with Crippen molar-refractivity contribution in [2.45, 2.75) is 65.0 Å². The number of aryl methyl sites for hydroxylation is 2. The van der Waals surface area contributed by atoms with Gasteiger partial charge in [0.25, 0.3) is 5.91 Å². The molecule has 1 aliphatic rings. The number of carbonyl (C=O) groups excluding carboxylic acids is 1. The number of rotatable bonds is 4. The number of nitrogens with zero attached hydrogens (tertiary/aromatic N) is 1. The van der Waals surface area contributed by atoms with E-state index >= 15 is 0 Å². The lowest BCUT2D eigenvalue weighted by atomic mass is 9.94. The Hall–Kier alpha value is -1.03. The van der Waals surface area contributed by atoms with Crippen LogP contribution in [0, 0.1) is 13.8 Å². The SMILES string of the molecule is Cc1cc(Br)cc(C)c1OC(C)C(=O)N(C)C1CCCCC1. The van der Waals surface area contributed by atoms with Crippen molar-refractivity contribution in [2.75, 3.05) is 7.05 Å².